The van der Waals surface area contributed by atoms with Gasteiger partial charge in [-0.15, -0.1) is 0 Å². The first-order valence-electron chi connectivity index (χ1n) is 8.88. The highest BCUT2D eigenvalue weighted by Crippen LogP contribution is 2.45. The number of nitrogens with zero attached hydrogens (tertiary/aromatic N) is 4. The molecule has 2 aromatic heterocycles. The highest BCUT2D eigenvalue weighted by molar-refractivity contribution is 6.12. The number of aryl methyl sites for hydroxylation is 2. The summed E-state index contributed by atoms with van der Waals surface area (Å²) in [4.78, 5) is 30.8. The van der Waals surface area contributed by atoms with E-state index in [4.69, 9.17) is 0 Å². The van der Waals surface area contributed by atoms with Crippen molar-refractivity contribution in [1.29, 1.82) is 0 Å². The molecule has 3 heterocycles. The molecule has 0 unspecified atom stereocenters. The number of amides is 1. The molecule has 8 heteroatoms. The molecule has 0 bridgehead atoms. The largest absolute Gasteiger partial charge is 0.711 e. The molecule has 0 saturated carbocycles. The zero-order valence-electron chi connectivity index (χ0n) is 16.1. The lowest BCUT2D eigenvalue weighted by Gasteiger charge is -2.18. The molecule has 0 fully saturated rings. The highest BCUT2D eigenvalue weighted by atomic mass is 16.5. The predicted octanol–water partition coefficient (Wildman–Crippen LogP) is 2.20. The Labute approximate surface area is 161 Å². The third kappa shape index (κ3) is 2.57. The second-order valence-electron chi connectivity index (χ2n) is 7.48. The topological polar surface area (TPSA) is 98.9 Å². The summed E-state index contributed by atoms with van der Waals surface area (Å²) in [5.74, 6) is 0.605. The molecule has 3 aromatic rings. The molecule has 1 aromatic carbocycles. The third-order valence-corrected chi connectivity index (χ3v) is 5.21. The Hall–Kier alpha value is -3.55. The molecule has 4 rings (SSSR count). The van der Waals surface area contributed by atoms with Gasteiger partial charge in [0.15, 0.2) is 16.6 Å². The van der Waals surface area contributed by atoms with Crippen molar-refractivity contribution in [2.75, 3.05) is 4.90 Å². The smallest absolute Gasteiger partial charge is 0.298 e. The fourth-order valence-electron chi connectivity index (χ4n) is 3.41. The minimum Gasteiger partial charge on any atom is -0.711 e. The SMILES string of the molecule is Cc1ncc(-c2ccc3c(c2)N(c2ccc(C)[n+](=O)[nH]2)C(=O)C3(C)C)c[n+]1[O-]. The Balaban J connectivity index is 1.90. The van der Waals surface area contributed by atoms with Crippen molar-refractivity contribution in [3.63, 3.8) is 0 Å². The average Bonchev–Trinajstić information content (AvgIpc) is 2.86. The van der Waals surface area contributed by atoms with E-state index in [1.165, 1.54) is 11.1 Å². The maximum Gasteiger partial charge on any atom is 0.298 e. The molecule has 0 radical (unpaired) electrons. The normalized spacial score (nSPS) is 15.0. The second-order valence-corrected chi connectivity index (χ2v) is 7.48. The summed E-state index contributed by atoms with van der Waals surface area (Å²) in [5.41, 5.74) is 2.67. The molecule has 1 N–H and O–H groups in total. The van der Waals surface area contributed by atoms with Crippen LogP contribution in [0.1, 0.15) is 30.9 Å². The van der Waals surface area contributed by atoms with Gasteiger partial charge in [-0.3, -0.25) is 9.69 Å². The molecule has 0 saturated heterocycles. The van der Waals surface area contributed by atoms with Crippen LogP contribution >= 0.6 is 0 Å². The number of carbonyl (C=O) groups is 1. The number of anilines is 2. The maximum absolute atomic E-state index is 13.2. The average molecular weight is 378 g/mol. The van der Waals surface area contributed by atoms with Crippen molar-refractivity contribution in [2.24, 2.45) is 0 Å². The summed E-state index contributed by atoms with van der Waals surface area (Å²) in [6.45, 7) is 7.02. The van der Waals surface area contributed by atoms with Gasteiger partial charge in [-0.2, -0.15) is 0 Å². The molecule has 8 nitrogen and oxygen atoms in total. The van der Waals surface area contributed by atoms with Crippen LogP contribution in [0.4, 0.5) is 11.5 Å². The van der Waals surface area contributed by atoms with Gasteiger partial charge in [-0.1, -0.05) is 22.2 Å². The van der Waals surface area contributed by atoms with E-state index in [9.17, 15) is 14.9 Å². The molecule has 0 aliphatic carbocycles. The molecule has 1 aliphatic rings. The van der Waals surface area contributed by atoms with Crippen LogP contribution in [0.2, 0.25) is 0 Å². The van der Waals surface area contributed by atoms with Crippen molar-refractivity contribution < 1.29 is 14.1 Å². The van der Waals surface area contributed by atoms with Gasteiger partial charge >= 0.3 is 0 Å². The minimum absolute atomic E-state index is 0.138. The Kier molecular flexibility index (Phi) is 3.81. The van der Waals surface area contributed by atoms with Crippen LogP contribution < -0.4 is 14.2 Å². The zero-order valence-corrected chi connectivity index (χ0v) is 16.1. The van der Waals surface area contributed by atoms with Gasteiger partial charge in [-0.25, -0.2) is 4.73 Å². The summed E-state index contributed by atoms with van der Waals surface area (Å²) >= 11 is 0. The minimum atomic E-state index is -0.746. The van der Waals surface area contributed by atoms with Crippen LogP contribution in [0.25, 0.3) is 11.1 Å². The van der Waals surface area contributed by atoms with Crippen molar-refractivity contribution in [3.8, 4) is 11.1 Å². The molecule has 1 aliphatic heterocycles. The first kappa shape index (κ1) is 17.8. The number of aromatic amines is 1. The standard InChI is InChI=1S/C20H20N5O3/c1-12-5-8-18(22-25(12)28)24-17-9-14(15-10-21-13(2)23(27)11-15)6-7-16(17)20(3,4)19(24)26/h5-11H,1-4H3,(H,22,28)/q+1. The summed E-state index contributed by atoms with van der Waals surface area (Å²) in [7, 11) is 0. The van der Waals surface area contributed by atoms with E-state index in [1.807, 2.05) is 32.0 Å². The molecule has 28 heavy (non-hydrogen) atoms. The van der Waals surface area contributed by atoms with E-state index in [1.54, 1.807) is 32.2 Å². The summed E-state index contributed by atoms with van der Waals surface area (Å²) in [6, 6.07) is 8.97. The fourth-order valence-corrected chi connectivity index (χ4v) is 3.41. The third-order valence-electron chi connectivity index (χ3n) is 5.21. The molecule has 142 valence electrons. The van der Waals surface area contributed by atoms with Crippen LogP contribution in [-0.4, -0.2) is 16.0 Å². The molecular weight excluding hydrogens is 358 g/mol. The zero-order chi connectivity index (χ0) is 20.2. The van der Waals surface area contributed by atoms with Gasteiger partial charge in [0.25, 0.3) is 11.5 Å². The quantitative estimate of drug-likeness (QED) is 0.546. The monoisotopic (exact) mass is 378 g/mol. The lowest BCUT2D eigenvalue weighted by Crippen LogP contribution is -2.35. The van der Waals surface area contributed by atoms with E-state index in [2.05, 4.69) is 10.1 Å². The number of fused-ring (bicyclic) bond motifs is 1. The van der Waals surface area contributed by atoms with E-state index >= 15 is 0 Å². The number of H-pyrrole nitrogens is 1. The summed E-state index contributed by atoms with van der Waals surface area (Å²) in [5, 5.41) is 14.6. The molecule has 1 amide bonds. The van der Waals surface area contributed by atoms with Gasteiger partial charge in [0.2, 0.25) is 5.91 Å². The Morgan fingerprint density at radius 2 is 1.89 bits per heavy atom. The molecular formula is C20H20N5O3+. The lowest BCUT2D eigenvalue weighted by atomic mass is 9.85. The maximum atomic E-state index is 13.2. The van der Waals surface area contributed by atoms with Crippen LogP contribution in [0, 0.1) is 24.0 Å². The summed E-state index contributed by atoms with van der Waals surface area (Å²) < 4.78 is 1.34. The number of hydrogen-bond donors (Lipinski definition) is 1. The molecule has 0 atom stereocenters. The number of benzene rings is 1. The summed E-state index contributed by atoms with van der Waals surface area (Å²) in [6.07, 6.45) is 3.08. The van der Waals surface area contributed by atoms with Crippen molar-refractivity contribution >= 4 is 17.4 Å². The number of hydrogen-bond acceptors (Lipinski definition) is 4. The van der Waals surface area contributed by atoms with Gasteiger partial charge in [0, 0.05) is 19.9 Å². The van der Waals surface area contributed by atoms with E-state index in [0.29, 0.717) is 37.9 Å². The Morgan fingerprint density at radius 1 is 1.14 bits per heavy atom. The fraction of sp³-hybridized carbons (Fsp3) is 0.250. The Morgan fingerprint density at radius 3 is 2.57 bits per heavy atom. The lowest BCUT2D eigenvalue weighted by molar-refractivity contribution is -0.615. The van der Waals surface area contributed by atoms with E-state index < -0.39 is 5.41 Å². The van der Waals surface area contributed by atoms with Crippen LogP contribution in [-0.2, 0) is 10.2 Å². The van der Waals surface area contributed by atoms with E-state index in [0.717, 1.165) is 11.1 Å². The highest BCUT2D eigenvalue weighted by Gasteiger charge is 2.45. The molecule has 0 spiro atoms. The first-order valence-corrected chi connectivity index (χ1v) is 8.88. The van der Waals surface area contributed by atoms with Gasteiger partial charge in [0.1, 0.15) is 6.20 Å². The first-order chi connectivity index (χ1) is 13.2. The number of carbonyl (C=O) groups excluding carboxylic acids is 1. The van der Waals surface area contributed by atoms with Crippen molar-refractivity contribution in [2.45, 2.75) is 33.1 Å². The van der Waals surface area contributed by atoms with Crippen LogP contribution in [0.3, 0.4) is 0 Å². The van der Waals surface area contributed by atoms with E-state index in [-0.39, 0.29) is 5.91 Å². The predicted molar refractivity (Wildman–Crippen MR) is 102 cm³/mol. The van der Waals surface area contributed by atoms with Crippen LogP contribution in [0.5, 0.6) is 0 Å². The van der Waals surface area contributed by atoms with Crippen molar-refractivity contribution in [3.05, 3.63) is 69.9 Å². The van der Waals surface area contributed by atoms with Gasteiger partial charge in [0.05, 0.1) is 21.6 Å². The number of nitrogens with one attached hydrogen (secondary N) is 1. The second kappa shape index (κ2) is 5.98. The number of aromatic nitrogens is 4. The Bertz CT molecular complexity index is 1180. The number of rotatable bonds is 2. The van der Waals surface area contributed by atoms with Crippen LogP contribution in [0.15, 0.2) is 42.7 Å². The van der Waals surface area contributed by atoms with Crippen molar-refractivity contribution in [1.82, 2.24) is 10.1 Å². The van der Waals surface area contributed by atoms with Gasteiger partial charge < -0.3 is 5.21 Å². The van der Waals surface area contributed by atoms with Gasteiger partial charge in [-0.05, 0) is 37.1 Å².